The smallest absolute Gasteiger partial charge is 0.0561 e. The Morgan fingerprint density at radius 2 is 0.508 bits per heavy atom. The summed E-state index contributed by atoms with van der Waals surface area (Å²) in [5, 5.41) is 7.42. The van der Waals surface area contributed by atoms with Crippen molar-refractivity contribution in [2.45, 2.75) is 0 Å². The van der Waals surface area contributed by atoms with E-state index in [9.17, 15) is 0 Å². The van der Waals surface area contributed by atoms with Gasteiger partial charge in [-0.15, -0.1) is 0 Å². The Morgan fingerprint density at radius 3 is 0.968 bits per heavy atom. The number of aromatic nitrogens is 3. The van der Waals surface area contributed by atoms with Crippen LogP contribution in [0.1, 0.15) is 0 Å². The summed E-state index contributed by atoms with van der Waals surface area (Å²) in [6, 6.07) is 86.5. The summed E-state index contributed by atoms with van der Waals surface area (Å²) in [5.41, 5.74) is 17.8. The molecular weight excluding hydrogens is 763 g/mol. The van der Waals surface area contributed by atoms with Crippen molar-refractivity contribution >= 4 is 65.4 Å². The van der Waals surface area contributed by atoms with Crippen LogP contribution in [0.25, 0.3) is 116 Å². The molecule has 0 saturated carbocycles. The van der Waals surface area contributed by atoms with Gasteiger partial charge >= 0.3 is 0 Å². The molecule has 0 saturated heterocycles. The van der Waals surface area contributed by atoms with Crippen molar-refractivity contribution in [3.63, 3.8) is 0 Å². The lowest BCUT2D eigenvalue weighted by Crippen LogP contribution is -1.97. The second-order valence-electron chi connectivity index (χ2n) is 16.6. The third kappa shape index (κ3) is 5.60. The molecule has 0 fully saturated rings. The molecule has 0 aliphatic carbocycles. The number of rotatable bonds is 6. The minimum atomic E-state index is 1.13. The van der Waals surface area contributed by atoms with Crippen molar-refractivity contribution in [2.24, 2.45) is 0 Å². The van der Waals surface area contributed by atoms with E-state index in [0.717, 1.165) is 17.1 Å². The largest absolute Gasteiger partial charge is 0.309 e. The summed E-state index contributed by atoms with van der Waals surface area (Å²) in [7, 11) is 0. The lowest BCUT2D eigenvalue weighted by molar-refractivity contribution is 1.15. The predicted molar refractivity (Wildman–Crippen MR) is 266 cm³/mol. The molecule has 0 unspecified atom stereocenters. The highest BCUT2D eigenvalue weighted by Crippen LogP contribution is 2.41. The first-order chi connectivity index (χ1) is 31.2. The van der Waals surface area contributed by atoms with Crippen molar-refractivity contribution in [1.82, 2.24) is 13.7 Å². The highest BCUT2D eigenvalue weighted by atomic mass is 15.0. The SMILES string of the molecule is c1ccc(-c2ccc3c(c2)c2cc(-c4ccc5c(c4)c4cc(-c6ccccc6)ccc4n5-c4ccc5c6ccccc6n(-c6ccccc6)c5c4)ccc2n3-c2ccccc2)cc1. The average Bonchev–Trinajstić information content (AvgIpc) is 3.99. The molecule has 13 rings (SSSR count). The van der Waals surface area contributed by atoms with Gasteiger partial charge in [0.1, 0.15) is 0 Å². The first-order valence-electron chi connectivity index (χ1n) is 21.7. The van der Waals surface area contributed by atoms with E-state index in [1.54, 1.807) is 0 Å². The Morgan fingerprint density at radius 1 is 0.175 bits per heavy atom. The molecule has 3 aromatic heterocycles. The van der Waals surface area contributed by atoms with Crippen LogP contribution in [0.3, 0.4) is 0 Å². The molecule has 0 aliphatic heterocycles. The van der Waals surface area contributed by atoms with Crippen LogP contribution in [0.15, 0.2) is 237 Å². The van der Waals surface area contributed by atoms with Crippen LogP contribution < -0.4 is 0 Å². The van der Waals surface area contributed by atoms with Crippen LogP contribution in [0.5, 0.6) is 0 Å². The molecule has 0 aliphatic rings. The van der Waals surface area contributed by atoms with Gasteiger partial charge in [-0.3, -0.25) is 0 Å². The molecular formula is C60H39N3. The van der Waals surface area contributed by atoms with Gasteiger partial charge in [0, 0.05) is 49.4 Å². The molecule has 13 aromatic rings. The zero-order valence-electron chi connectivity index (χ0n) is 34.4. The van der Waals surface area contributed by atoms with Crippen LogP contribution in [-0.2, 0) is 0 Å². The van der Waals surface area contributed by atoms with E-state index in [1.165, 1.54) is 98.8 Å². The monoisotopic (exact) mass is 801 g/mol. The number of nitrogens with zero attached hydrogens (tertiary/aromatic N) is 3. The summed E-state index contributed by atoms with van der Waals surface area (Å²) >= 11 is 0. The summed E-state index contributed by atoms with van der Waals surface area (Å²) in [5.74, 6) is 0. The number of hydrogen-bond donors (Lipinski definition) is 0. The number of para-hydroxylation sites is 3. The van der Waals surface area contributed by atoms with E-state index >= 15 is 0 Å². The molecule has 0 atom stereocenters. The zero-order valence-corrected chi connectivity index (χ0v) is 34.4. The van der Waals surface area contributed by atoms with Crippen LogP contribution in [0.4, 0.5) is 0 Å². The second-order valence-corrected chi connectivity index (χ2v) is 16.6. The normalized spacial score (nSPS) is 11.8. The molecule has 3 heterocycles. The fraction of sp³-hybridized carbons (Fsp3) is 0. The second kappa shape index (κ2) is 14.1. The Balaban J connectivity index is 1.04. The number of hydrogen-bond acceptors (Lipinski definition) is 0. The first-order valence-corrected chi connectivity index (χ1v) is 21.7. The maximum atomic E-state index is 2.46. The van der Waals surface area contributed by atoms with Crippen molar-refractivity contribution in [2.75, 3.05) is 0 Å². The molecule has 0 amide bonds. The van der Waals surface area contributed by atoms with E-state index in [2.05, 4.69) is 250 Å². The van der Waals surface area contributed by atoms with Gasteiger partial charge in [0.15, 0.2) is 0 Å². The van der Waals surface area contributed by atoms with Crippen LogP contribution in [-0.4, -0.2) is 13.7 Å². The minimum absolute atomic E-state index is 1.13. The molecule has 0 radical (unpaired) electrons. The maximum absolute atomic E-state index is 2.46. The Kier molecular flexibility index (Phi) is 7.91. The Hall–Kier alpha value is -8.40. The fourth-order valence-electron chi connectivity index (χ4n) is 10.1. The average molecular weight is 802 g/mol. The predicted octanol–water partition coefficient (Wildman–Crippen LogP) is 16.0. The van der Waals surface area contributed by atoms with Crippen LogP contribution in [0, 0.1) is 0 Å². The van der Waals surface area contributed by atoms with Gasteiger partial charge in [0.2, 0.25) is 0 Å². The van der Waals surface area contributed by atoms with Gasteiger partial charge in [-0.1, -0.05) is 146 Å². The number of benzene rings is 10. The topological polar surface area (TPSA) is 14.8 Å². The molecule has 0 N–H and O–H groups in total. The van der Waals surface area contributed by atoms with E-state index < -0.39 is 0 Å². The summed E-state index contributed by atoms with van der Waals surface area (Å²) in [4.78, 5) is 0. The van der Waals surface area contributed by atoms with E-state index in [4.69, 9.17) is 0 Å². The van der Waals surface area contributed by atoms with Gasteiger partial charge < -0.3 is 13.7 Å². The standard InChI is InChI=1S/C60H39N3/c1-5-15-40(16-6-1)42-25-31-56-51(35-42)53-37-44(27-33-57(53)61(56)46-19-9-3-10-20-46)45-28-34-59-54(38-45)52-36-43(41-17-7-2-8-18-41)26-32-58(52)63(59)48-29-30-50-49-23-13-14-24-55(49)62(60(50)39-48)47-21-11-4-12-22-47/h1-39H. The third-order valence-electron chi connectivity index (χ3n) is 13.0. The molecule has 294 valence electrons. The van der Waals surface area contributed by atoms with Crippen molar-refractivity contribution in [3.05, 3.63) is 237 Å². The third-order valence-corrected chi connectivity index (χ3v) is 13.0. The van der Waals surface area contributed by atoms with Gasteiger partial charge in [-0.25, -0.2) is 0 Å². The van der Waals surface area contributed by atoms with Gasteiger partial charge in [0.05, 0.1) is 33.1 Å². The molecule has 10 aromatic carbocycles. The molecule has 0 spiro atoms. The molecule has 3 nitrogen and oxygen atoms in total. The van der Waals surface area contributed by atoms with Gasteiger partial charge in [0.25, 0.3) is 0 Å². The summed E-state index contributed by atoms with van der Waals surface area (Å²) < 4.78 is 7.26. The maximum Gasteiger partial charge on any atom is 0.0561 e. The molecule has 63 heavy (non-hydrogen) atoms. The minimum Gasteiger partial charge on any atom is -0.309 e. The molecule has 3 heteroatoms. The summed E-state index contributed by atoms with van der Waals surface area (Å²) in [6.07, 6.45) is 0. The summed E-state index contributed by atoms with van der Waals surface area (Å²) in [6.45, 7) is 0. The van der Waals surface area contributed by atoms with Crippen molar-refractivity contribution < 1.29 is 0 Å². The van der Waals surface area contributed by atoms with Crippen LogP contribution >= 0.6 is 0 Å². The van der Waals surface area contributed by atoms with E-state index in [-0.39, 0.29) is 0 Å². The van der Waals surface area contributed by atoms with E-state index in [0.29, 0.717) is 0 Å². The van der Waals surface area contributed by atoms with Gasteiger partial charge in [-0.05, 0) is 124 Å². The van der Waals surface area contributed by atoms with Gasteiger partial charge in [-0.2, -0.15) is 0 Å². The Labute approximate surface area is 364 Å². The molecule has 0 bridgehead atoms. The lowest BCUT2D eigenvalue weighted by atomic mass is 9.98. The lowest BCUT2D eigenvalue weighted by Gasteiger charge is -2.12. The first kappa shape index (κ1) is 35.4. The quantitative estimate of drug-likeness (QED) is 0.159. The Bertz CT molecular complexity index is 3870. The highest BCUT2D eigenvalue weighted by Gasteiger charge is 2.19. The van der Waals surface area contributed by atoms with Crippen molar-refractivity contribution in [3.8, 4) is 50.4 Å². The van der Waals surface area contributed by atoms with E-state index in [1.807, 2.05) is 0 Å². The van der Waals surface area contributed by atoms with Crippen molar-refractivity contribution in [1.29, 1.82) is 0 Å². The van der Waals surface area contributed by atoms with Crippen LogP contribution in [0.2, 0.25) is 0 Å². The highest BCUT2D eigenvalue weighted by molar-refractivity contribution is 6.15. The fourth-order valence-corrected chi connectivity index (χ4v) is 10.1. The zero-order chi connectivity index (χ0) is 41.4. The number of fused-ring (bicyclic) bond motifs is 9.